The number of nitro groups is 1. The maximum Gasteiger partial charge on any atom is 0.312 e. The molecule has 1 aliphatic rings. The largest absolute Gasteiger partial charge is 0.376 e. The molecule has 1 saturated heterocycles. The number of hydrogen-bond acceptors (Lipinski definition) is 7. The van der Waals surface area contributed by atoms with Crippen LogP contribution in [0.3, 0.4) is 0 Å². The van der Waals surface area contributed by atoms with Gasteiger partial charge in [-0.1, -0.05) is 0 Å². The molecule has 0 radical (unpaired) electrons. The predicted octanol–water partition coefficient (Wildman–Crippen LogP) is 1.04. The molecule has 1 aromatic rings. The summed E-state index contributed by atoms with van der Waals surface area (Å²) in [5, 5.41) is 25.8. The molecule has 0 atom stereocenters. The standard InChI is InChI=1S/C13H17N5O3/c14-8-10-7-12(18(19)20)13(17-9-10)16-5-6-21-11-1-3-15-4-2-11/h7,9,11,15H,1-6H2,(H,16,17). The van der Waals surface area contributed by atoms with Gasteiger partial charge in [-0.25, -0.2) is 4.98 Å². The summed E-state index contributed by atoms with van der Waals surface area (Å²) in [5.74, 6) is 0.160. The summed E-state index contributed by atoms with van der Waals surface area (Å²) in [5.41, 5.74) is -0.0332. The summed E-state index contributed by atoms with van der Waals surface area (Å²) in [6.45, 7) is 2.81. The van der Waals surface area contributed by atoms with Crippen LogP contribution in [0.5, 0.6) is 0 Å². The highest BCUT2D eigenvalue weighted by Gasteiger charge is 2.17. The quantitative estimate of drug-likeness (QED) is 0.457. The van der Waals surface area contributed by atoms with Crippen molar-refractivity contribution in [3.63, 3.8) is 0 Å². The van der Waals surface area contributed by atoms with E-state index in [9.17, 15) is 10.1 Å². The minimum Gasteiger partial charge on any atom is -0.376 e. The van der Waals surface area contributed by atoms with Crippen molar-refractivity contribution in [3.05, 3.63) is 27.9 Å². The van der Waals surface area contributed by atoms with E-state index in [4.69, 9.17) is 10.00 Å². The van der Waals surface area contributed by atoms with Gasteiger partial charge in [-0.3, -0.25) is 10.1 Å². The first-order valence-electron chi connectivity index (χ1n) is 6.81. The molecule has 1 aromatic heterocycles. The Bertz CT molecular complexity index is 537. The average Bonchev–Trinajstić information content (AvgIpc) is 2.52. The van der Waals surface area contributed by atoms with Crippen LogP contribution in [0.2, 0.25) is 0 Å². The number of piperidine rings is 1. The van der Waals surface area contributed by atoms with Gasteiger partial charge in [0.2, 0.25) is 5.82 Å². The van der Waals surface area contributed by atoms with E-state index < -0.39 is 4.92 Å². The minimum absolute atomic E-state index is 0.160. The Kier molecular flexibility index (Phi) is 5.43. The zero-order valence-electron chi connectivity index (χ0n) is 11.5. The van der Waals surface area contributed by atoms with E-state index in [0.29, 0.717) is 13.2 Å². The molecule has 8 heteroatoms. The number of nitriles is 1. The number of nitrogens with zero attached hydrogens (tertiary/aromatic N) is 3. The van der Waals surface area contributed by atoms with Gasteiger partial charge in [0.05, 0.1) is 23.2 Å². The Morgan fingerprint density at radius 3 is 3.00 bits per heavy atom. The molecule has 112 valence electrons. The normalized spacial score (nSPS) is 15.4. The third-order valence-corrected chi connectivity index (χ3v) is 3.23. The van der Waals surface area contributed by atoms with Gasteiger partial charge in [0.15, 0.2) is 0 Å². The van der Waals surface area contributed by atoms with Gasteiger partial charge in [0.1, 0.15) is 6.07 Å². The zero-order chi connectivity index (χ0) is 15.1. The molecule has 0 spiro atoms. The van der Waals surface area contributed by atoms with Crippen molar-refractivity contribution in [2.24, 2.45) is 0 Å². The number of anilines is 1. The van der Waals surface area contributed by atoms with Crippen LogP contribution in [0.1, 0.15) is 18.4 Å². The van der Waals surface area contributed by atoms with Crippen molar-refractivity contribution >= 4 is 11.5 Å². The smallest absolute Gasteiger partial charge is 0.312 e. The molecule has 0 aliphatic carbocycles. The van der Waals surface area contributed by atoms with Gasteiger partial charge in [-0.2, -0.15) is 5.26 Å². The zero-order valence-corrected chi connectivity index (χ0v) is 11.5. The molecule has 2 N–H and O–H groups in total. The fourth-order valence-electron chi connectivity index (χ4n) is 2.15. The van der Waals surface area contributed by atoms with E-state index in [1.165, 1.54) is 12.3 Å². The first-order chi connectivity index (χ1) is 10.2. The van der Waals surface area contributed by atoms with Crippen LogP contribution in [0, 0.1) is 21.4 Å². The molecular formula is C13H17N5O3. The highest BCUT2D eigenvalue weighted by Crippen LogP contribution is 2.22. The second kappa shape index (κ2) is 7.52. The summed E-state index contributed by atoms with van der Waals surface area (Å²) in [6.07, 6.45) is 3.52. The van der Waals surface area contributed by atoms with Crippen LogP contribution >= 0.6 is 0 Å². The van der Waals surface area contributed by atoms with Crippen molar-refractivity contribution in [2.45, 2.75) is 18.9 Å². The summed E-state index contributed by atoms with van der Waals surface area (Å²) < 4.78 is 5.70. The maximum absolute atomic E-state index is 10.9. The lowest BCUT2D eigenvalue weighted by atomic mass is 10.1. The fraction of sp³-hybridized carbons (Fsp3) is 0.538. The molecule has 21 heavy (non-hydrogen) atoms. The first-order valence-corrected chi connectivity index (χ1v) is 6.81. The monoisotopic (exact) mass is 291 g/mol. The number of pyridine rings is 1. The van der Waals surface area contributed by atoms with Crippen molar-refractivity contribution in [1.29, 1.82) is 5.26 Å². The Balaban J connectivity index is 1.85. The van der Waals surface area contributed by atoms with Crippen molar-refractivity contribution in [2.75, 3.05) is 31.6 Å². The Morgan fingerprint density at radius 2 is 2.33 bits per heavy atom. The lowest BCUT2D eigenvalue weighted by molar-refractivity contribution is -0.384. The van der Waals surface area contributed by atoms with Crippen molar-refractivity contribution in [3.8, 4) is 6.07 Å². The van der Waals surface area contributed by atoms with E-state index in [0.717, 1.165) is 25.9 Å². The Labute approximate surface area is 122 Å². The van der Waals surface area contributed by atoms with Crippen LogP contribution in [-0.2, 0) is 4.74 Å². The van der Waals surface area contributed by atoms with Gasteiger partial charge in [0, 0.05) is 18.8 Å². The highest BCUT2D eigenvalue weighted by molar-refractivity contribution is 5.58. The number of ether oxygens (including phenoxy) is 1. The average molecular weight is 291 g/mol. The fourth-order valence-corrected chi connectivity index (χ4v) is 2.15. The molecule has 1 fully saturated rings. The predicted molar refractivity (Wildman–Crippen MR) is 75.9 cm³/mol. The first kappa shape index (κ1) is 15.2. The summed E-state index contributed by atoms with van der Waals surface area (Å²) >= 11 is 0. The molecule has 0 aromatic carbocycles. The third-order valence-electron chi connectivity index (χ3n) is 3.23. The molecule has 2 heterocycles. The minimum atomic E-state index is -0.552. The van der Waals surface area contributed by atoms with Crippen molar-refractivity contribution < 1.29 is 9.66 Å². The summed E-state index contributed by atoms with van der Waals surface area (Å²) in [4.78, 5) is 14.3. The lowest BCUT2D eigenvalue weighted by Gasteiger charge is -2.22. The van der Waals surface area contributed by atoms with Gasteiger partial charge >= 0.3 is 5.69 Å². The highest BCUT2D eigenvalue weighted by atomic mass is 16.6. The van der Waals surface area contributed by atoms with Crippen LogP contribution in [0.15, 0.2) is 12.3 Å². The molecule has 0 unspecified atom stereocenters. The number of hydrogen-bond donors (Lipinski definition) is 2. The van der Waals surface area contributed by atoms with Crippen LogP contribution < -0.4 is 10.6 Å². The number of nitrogens with one attached hydrogen (secondary N) is 2. The third kappa shape index (κ3) is 4.37. The molecular weight excluding hydrogens is 274 g/mol. The number of rotatable bonds is 6. The SMILES string of the molecule is N#Cc1cnc(NCCOC2CCNCC2)c([N+](=O)[O-])c1. The van der Waals surface area contributed by atoms with Crippen LogP contribution in [-0.4, -0.2) is 42.3 Å². The molecule has 0 bridgehead atoms. The molecule has 8 nitrogen and oxygen atoms in total. The molecule has 1 aliphatic heterocycles. The van der Waals surface area contributed by atoms with E-state index >= 15 is 0 Å². The molecule has 0 amide bonds. The Morgan fingerprint density at radius 1 is 1.57 bits per heavy atom. The topological polar surface area (TPSA) is 113 Å². The van der Waals surface area contributed by atoms with E-state index in [1.807, 2.05) is 6.07 Å². The Hall–Kier alpha value is -2.24. The number of aromatic nitrogens is 1. The van der Waals surface area contributed by atoms with E-state index in [1.54, 1.807) is 0 Å². The summed E-state index contributed by atoms with van der Waals surface area (Å²) in [6, 6.07) is 3.05. The molecule has 2 rings (SSSR count). The second-order valence-corrected chi connectivity index (χ2v) is 4.71. The van der Waals surface area contributed by atoms with Crippen molar-refractivity contribution in [1.82, 2.24) is 10.3 Å². The second-order valence-electron chi connectivity index (χ2n) is 4.71. The van der Waals surface area contributed by atoms with Crippen LogP contribution in [0.25, 0.3) is 0 Å². The van der Waals surface area contributed by atoms with Gasteiger partial charge in [-0.05, 0) is 25.9 Å². The maximum atomic E-state index is 10.9. The lowest BCUT2D eigenvalue weighted by Crippen LogP contribution is -2.33. The van der Waals surface area contributed by atoms with E-state index in [-0.39, 0.29) is 23.2 Å². The van der Waals surface area contributed by atoms with Gasteiger partial charge < -0.3 is 15.4 Å². The van der Waals surface area contributed by atoms with Gasteiger partial charge in [-0.15, -0.1) is 0 Å². The molecule has 0 saturated carbocycles. The van der Waals surface area contributed by atoms with Crippen LogP contribution in [0.4, 0.5) is 11.5 Å². The van der Waals surface area contributed by atoms with E-state index in [2.05, 4.69) is 15.6 Å². The summed E-state index contributed by atoms with van der Waals surface area (Å²) in [7, 11) is 0. The van der Waals surface area contributed by atoms with Gasteiger partial charge in [0.25, 0.3) is 0 Å².